The molecule has 1 amide bonds. The van der Waals surface area contributed by atoms with Crippen LogP contribution in [0.2, 0.25) is 0 Å². The van der Waals surface area contributed by atoms with Crippen LogP contribution in [-0.4, -0.2) is 30.6 Å². The number of aromatic amines is 1. The fourth-order valence-corrected chi connectivity index (χ4v) is 4.26. The fraction of sp³-hybridized carbons (Fsp3) is 0.261. The van der Waals surface area contributed by atoms with Gasteiger partial charge in [0.25, 0.3) is 5.56 Å². The van der Waals surface area contributed by atoms with Crippen LogP contribution in [0.4, 0.5) is 0 Å². The Kier molecular flexibility index (Phi) is 4.25. The topological polar surface area (TPSA) is 120 Å². The molecule has 156 valence electrons. The zero-order chi connectivity index (χ0) is 21.8. The first-order valence-corrected chi connectivity index (χ1v) is 10.2. The summed E-state index contributed by atoms with van der Waals surface area (Å²) in [6, 6.07) is 7.41. The number of carbonyl (C=O) groups excluding carboxylic acids is 1. The highest BCUT2D eigenvalue weighted by Gasteiger charge is 2.47. The van der Waals surface area contributed by atoms with Crippen LogP contribution < -0.4 is 11.3 Å². The molecule has 4 aromatic rings. The minimum Gasteiger partial charge on any atom is -0.366 e. The van der Waals surface area contributed by atoms with E-state index in [1.54, 1.807) is 29.3 Å². The Labute approximate surface area is 178 Å². The molecule has 0 saturated heterocycles. The first-order chi connectivity index (χ1) is 14.9. The van der Waals surface area contributed by atoms with Crippen molar-refractivity contribution < 1.29 is 4.79 Å². The number of amides is 1. The lowest BCUT2D eigenvalue weighted by Crippen LogP contribution is -2.23. The number of carbonyl (C=O) groups is 1. The standard InChI is InChI=1S/C23H22N6O2/c1-13-9-14(2)27-22(31)17(13)11-23(5-6-23)19-10-16(20(24)30)18-12-26-29(21(18)28-19)15-3-7-25-8-4-15/h3-4,7-10,12H,5-6,11H2,1-2H3,(H2,24,30)(H,27,31). The Hall–Kier alpha value is -3.81. The Morgan fingerprint density at radius 2 is 1.97 bits per heavy atom. The summed E-state index contributed by atoms with van der Waals surface area (Å²) < 4.78 is 1.69. The maximum Gasteiger partial charge on any atom is 0.251 e. The lowest BCUT2D eigenvalue weighted by molar-refractivity contribution is 0.100. The van der Waals surface area contributed by atoms with E-state index in [0.717, 1.165) is 41.0 Å². The Morgan fingerprint density at radius 1 is 1.23 bits per heavy atom. The molecular weight excluding hydrogens is 392 g/mol. The van der Waals surface area contributed by atoms with Crippen molar-refractivity contribution in [3.63, 3.8) is 0 Å². The van der Waals surface area contributed by atoms with E-state index in [2.05, 4.69) is 15.1 Å². The molecular formula is C23H22N6O2. The lowest BCUT2D eigenvalue weighted by Gasteiger charge is -2.17. The molecule has 0 spiro atoms. The number of nitrogens with zero attached hydrogens (tertiary/aromatic N) is 4. The summed E-state index contributed by atoms with van der Waals surface area (Å²) in [7, 11) is 0. The predicted octanol–water partition coefficient (Wildman–Crippen LogP) is 2.49. The highest BCUT2D eigenvalue weighted by atomic mass is 16.1. The SMILES string of the molecule is Cc1cc(C)c(CC2(c3cc(C(N)=O)c4cnn(-c5ccncc5)c4n3)CC2)c(=O)[nH]1. The molecule has 1 saturated carbocycles. The largest absolute Gasteiger partial charge is 0.366 e. The molecule has 31 heavy (non-hydrogen) atoms. The molecule has 8 nitrogen and oxygen atoms in total. The van der Waals surface area contributed by atoms with Gasteiger partial charge in [-0.3, -0.25) is 14.6 Å². The Balaban J connectivity index is 1.67. The highest BCUT2D eigenvalue weighted by molar-refractivity contribution is 6.05. The number of fused-ring (bicyclic) bond motifs is 1. The van der Waals surface area contributed by atoms with Gasteiger partial charge in [-0.25, -0.2) is 9.67 Å². The van der Waals surface area contributed by atoms with Crippen LogP contribution in [0.15, 0.2) is 47.7 Å². The molecule has 1 aliphatic carbocycles. The van der Waals surface area contributed by atoms with Crippen LogP contribution in [-0.2, 0) is 11.8 Å². The number of aryl methyl sites for hydroxylation is 2. The van der Waals surface area contributed by atoms with Crippen molar-refractivity contribution in [3.8, 4) is 5.69 Å². The van der Waals surface area contributed by atoms with Gasteiger partial charge in [0.05, 0.1) is 28.5 Å². The second-order valence-electron chi connectivity index (χ2n) is 8.32. The number of nitrogens with one attached hydrogen (secondary N) is 1. The maximum atomic E-state index is 12.6. The number of nitrogens with two attached hydrogens (primary N) is 1. The second-order valence-corrected chi connectivity index (χ2v) is 8.32. The van der Waals surface area contributed by atoms with Crippen LogP contribution in [0.1, 0.15) is 45.7 Å². The van der Waals surface area contributed by atoms with Crippen LogP contribution in [0, 0.1) is 13.8 Å². The smallest absolute Gasteiger partial charge is 0.251 e. The number of hydrogen-bond acceptors (Lipinski definition) is 5. The first-order valence-electron chi connectivity index (χ1n) is 10.2. The molecule has 4 heterocycles. The van der Waals surface area contributed by atoms with Gasteiger partial charge in [0, 0.05) is 29.1 Å². The number of hydrogen-bond donors (Lipinski definition) is 2. The zero-order valence-corrected chi connectivity index (χ0v) is 17.3. The van der Waals surface area contributed by atoms with E-state index in [4.69, 9.17) is 10.7 Å². The summed E-state index contributed by atoms with van der Waals surface area (Å²) in [5, 5.41) is 5.04. The van der Waals surface area contributed by atoms with E-state index in [1.165, 1.54) is 0 Å². The van der Waals surface area contributed by atoms with E-state index < -0.39 is 5.91 Å². The zero-order valence-electron chi connectivity index (χ0n) is 17.3. The fourth-order valence-electron chi connectivity index (χ4n) is 4.26. The van der Waals surface area contributed by atoms with Crippen LogP contribution >= 0.6 is 0 Å². The van der Waals surface area contributed by atoms with Crippen molar-refractivity contribution in [2.75, 3.05) is 0 Å². The molecule has 0 radical (unpaired) electrons. The average molecular weight is 414 g/mol. The van der Waals surface area contributed by atoms with Crippen LogP contribution in [0.3, 0.4) is 0 Å². The van der Waals surface area contributed by atoms with Gasteiger partial charge in [-0.2, -0.15) is 5.10 Å². The van der Waals surface area contributed by atoms with Crippen molar-refractivity contribution in [2.24, 2.45) is 5.73 Å². The first kappa shape index (κ1) is 19.2. The third-order valence-corrected chi connectivity index (χ3v) is 6.12. The number of pyridine rings is 3. The summed E-state index contributed by atoms with van der Waals surface area (Å²) in [5.74, 6) is -0.525. The lowest BCUT2D eigenvalue weighted by atomic mass is 9.90. The third kappa shape index (κ3) is 3.20. The van der Waals surface area contributed by atoms with Gasteiger partial charge in [-0.1, -0.05) is 0 Å². The van der Waals surface area contributed by atoms with Gasteiger partial charge in [0.2, 0.25) is 5.91 Å². The molecule has 1 aliphatic rings. The molecule has 0 aliphatic heterocycles. The molecule has 0 bridgehead atoms. The van der Waals surface area contributed by atoms with Gasteiger partial charge in [0.1, 0.15) is 0 Å². The monoisotopic (exact) mass is 414 g/mol. The normalized spacial score (nSPS) is 14.6. The summed E-state index contributed by atoms with van der Waals surface area (Å²) in [6.45, 7) is 3.83. The minimum absolute atomic E-state index is 0.0678. The number of H-pyrrole nitrogens is 1. The summed E-state index contributed by atoms with van der Waals surface area (Å²) in [4.78, 5) is 36.7. The molecule has 0 atom stereocenters. The predicted molar refractivity (Wildman–Crippen MR) is 116 cm³/mol. The summed E-state index contributed by atoms with van der Waals surface area (Å²) in [6.07, 6.45) is 7.31. The Bertz CT molecular complexity index is 1380. The molecule has 0 aromatic carbocycles. The molecule has 8 heteroatoms. The van der Waals surface area contributed by atoms with E-state index in [9.17, 15) is 9.59 Å². The van der Waals surface area contributed by atoms with Crippen LogP contribution in [0.25, 0.3) is 16.7 Å². The molecule has 0 unspecified atom stereocenters. The molecule has 5 rings (SSSR count). The van der Waals surface area contributed by atoms with Crippen molar-refractivity contribution in [1.29, 1.82) is 0 Å². The minimum atomic E-state index is -0.525. The van der Waals surface area contributed by atoms with Crippen molar-refractivity contribution in [2.45, 2.75) is 38.5 Å². The van der Waals surface area contributed by atoms with E-state index in [0.29, 0.717) is 23.0 Å². The highest BCUT2D eigenvalue weighted by Crippen LogP contribution is 2.50. The van der Waals surface area contributed by atoms with Crippen LogP contribution in [0.5, 0.6) is 0 Å². The van der Waals surface area contributed by atoms with E-state index in [-0.39, 0.29) is 11.0 Å². The van der Waals surface area contributed by atoms with Crippen molar-refractivity contribution in [1.82, 2.24) is 24.7 Å². The average Bonchev–Trinajstić information content (AvgIpc) is 3.41. The van der Waals surface area contributed by atoms with Crippen molar-refractivity contribution >= 4 is 16.9 Å². The van der Waals surface area contributed by atoms with Crippen molar-refractivity contribution in [3.05, 3.63) is 81.3 Å². The summed E-state index contributed by atoms with van der Waals surface area (Å²) >= 11 is 0. The third-order valence-electron chi connectivity index (χ3n) is 6.12. The van der Waals surface area contributed by atoms with Gasteiger partial charge < -0.3 is 10.7 Å². The van der Waals surface area contributed by atoms with E-state index in [1.807, 2.05) is 32.0 Å². The molecule has 4 aromatic heterocycles. The quantitative estimate of drug-likeness (QED) is 0.520. The van der Waals surface area contributed by atoms with E-state index >= 15 is 0 Å². The number of rotatable bonds is 5. The van der Waals surface area contributed by atoms with Gasteiger partial charge in [-0.05, 0) is 62.9 Å². The summed E-state index contributed by atoms with van der Waals surface area (Å²) in [5.41, 5.74) is 10.4. The maximum absolute atomic E-state index is 12.6. The number of primary amides is 1. The molecule has 1 fully saturated rings. The molecule has 3 N–H and O–H groups in total. The Morgan fingerprint density at radius 3 is 2.61 bits per heavy atom. The van der Waals surface area contributed by atoms with Gasteiger partial charge in [0.15, 0.2) is 5.65 Å². The number of aromatic nitrogens is 5. The second kappa shape index (κ2) is 6.87. The van der Waals surface area contributed by atoms with Gasteiger partial charge >= 0.3 is 0 Å². The van der Waals surface area contributed by atoms with Gasteiger partial charge in [-0.15, -0.1) is 0 Å².